The van der Waals surface area contributed by atoms with E-state index >= 15 is 0 Å². The van der Waals surface area contributed by atoms with Gasteiger partial charge >= 0.3 is 0 Å². The van der Waals surface area contributed by atoms with Crippen LogP contribution < -0.4 is 9.47 Å². The standard InChI is InChI=1S/C31H31BrN2O3/c1-3-36-26-15-11-21(12-16-26)19-23-7-6-10-28-29(23)33-34(31(35)24-8-5-9-25(32)20-24)30(28)22-13-17-27(18-14-22)37-4-2/h5,8-9,11-20,28,30H,3-4,6-7,10H2,1-2H3/b23-19+/t28-,30+/m1/s1. The first-order valence-electron chi connectivity index (χ1n) is 12.9. The van der Waals surface area contributed by atoms with Crippen molar-refractivity contribution in [3.63, 3.8) is 0 Å². The highest BCUT2D eigenvalue weighted by Crippen LogP contribution is 2.45. The second-order valence-electron chi connectivity index (χ2n) is 9.26. The fourth-order valence-electron chi connectivity index (χ4n) is 5.21. The first-order chi connectivity index (χ1) is 18.1. The maximum Gasteiger partial charge on any atom is 0.274 e. The minimum absolute atomic E-state index is 0.0949. The molecule has 1 amide bonds. The highest BCUT2D eigenvalue weighted by Gasteiger charge is 2.44. The largest absolute Gasteiger partial charge is 0.494 e. The number of hydrogen-bond acceptors (Lipinski definition) is 4. The summed E-state index contributed by atoms with van der Waals surface area (Å²) >= 11 is 3.51. The van der Waals surface area contributed by atoms with Gasteiger partial charge in [0.1, 0.15) is 11.5 Å². The molecule has 1 saturated carbocycles. The van der Waals surface area contributed by atoms with Crippen molar-refractivity contribution in [2.24, 2.45) is 11.0 Å². The van der Waals surface area contributed by atoms with Crippen LogP contribution in [0.15, 0.2) is 87.9 Å². The average molecular weight is 560 g/mol. The second-order valence-corrected chi connectivity index (χ2v) is 10.2. The zero-order valence-corrected chi connectivity index (χ0v) is 22.8. The molecule has 1 aliphatic carbocycles. The number of allylic oxidation sites excluding steroid dienone is 1. The number of amides is 1. The van der Waals surface area contributed by atoms with Crippen LogP contribution in [-0.4, -0.2) is 29.8 Å². The van der Waals surface area contributed by atoms with Gasteiger partial charge in [0.25, 0.3) is 5.91 Å². The quantitative estimate of drug-likeness (QED) is 0.298. The molecule has 190 valence electrons. The van der Waals surface area contributed by atoms with E-state index in [9.17, 15) is 4.79 Å². The van der Waals surface area contributed by atoms with E-state index in [1.54, 1.807) is 5.01 Å². The Balaban J connectivity index is 1.52. The van der Waals surface area contributed by atoms with Crippen LogP contribution in [0, 0.1) is 5.92 Å². The number of benzene rings is 3. The molecule has 5 nitrogen and oxygen atoms in total. The summed E-state index contributed by atoms with van der Waals surface area (Å²) < 4.78 is 12.1. The number of carbonyl (C=O) groups excluding carboxylic acids is 1. The summed E-state index contributed by atoms with van der Waals surface area (Å²) in [6, 6.07) is 23.6. The molecule has 1 heterocycles. The van der Waals surface area contributed by atoms with Crippen molar-refractivity contribution in [1.82, 2.24) is 5.01 Å². The fourth-order valence-corrected chi connectivity index (χ4v) is 5.61. The molecule has 0 radical (unpaired) electrons. The number of carbonyl (C=O) groups is 1. The fraction of sp³-hybridized carbons (Fsp3) is 0.290. The molecular formula is C31H31BrN2O3. The summed E-state index contributed by atoms with van der Waals surface area (Å²) in [6.45, 7) is 5.22. The Morgan fingerprint density at radius 1 is 1.00 bits per heavy atom. The normalized spacial score (nSPS) is 19.9. The smallest absolute Gasteiger partial charge is 0.274 e. The molecule has 2 atom stereocenters. The number of halogens is 1. The van der Waals surface area contributed by atoms with Crippen LogP contribution in [0.2, 0.25) is 0 Å². The van der Waals surface area contributed by atoms with Crippen LogP contribution in [0.5, 0.6) is 11.5 Å². The zero-order chi connectivity index (χ0) is 25.8. The van der Waals surface area contributed by atoms with Gasteiger partial charge in [-0.3, -0.25) is 4.79 Å². The van der Waals surface area contributed by atoms with Gasteiger partial charge < -0.3 is 9.47 Å². The number of hydrogen-bond donors (Lipinski definition) is 0. The van der Waals surface area contributed by atoms with Crippen LogP contribution in [0.1, 0.15) is 60.6 Å². The monoisotopic (exact) mass is 558 g/mol. The summed E-state index contributed by atoms with van der Waals surface area (Å²) in [5.74, 6) is 1.74. The van der Waals surface area contributed by atoms with Crippen molar-refractivity contribution in [2.45, 2.75) is 39.2 Å². The van der Waals surface area contributed by atoms with Crippen LogP contribution >= 0.6 is 15.9 Å². The Kier molecular flexibility index (Phi) is 7.75. The van der Waals surface area contributed by atoms with E-state index in [4.69, 9.17) is 14.6 Å². The van der Waals surface area contributed by atoms with E-state index in [-0.39, 0.29) is 17.9 Å². The lowest BCUT2D eigenvalue weighted by molar-refractivity contribution is 0.0680. The Morgan fingerprint density at radius 3 is 2.32 bits per heavy atom. The van der Waals surface area contributed by atoms with Crippen molar-refractivity contribution in [2.75, 3.05) is 13.2 Å². The molecular weight excluding hydrogens is 528 g/mol. The Hall–Kier alpha value is -3.38. The molecule has 0 N–H and O–H groups in total. The first-order valence-corrected chi connectivity index (χ1v) is 13.7. The number of rotatable bonds is 7. The van der Waals surface area contributed by atoms with Gasteiger partial charge in [0.05, 0.1) is 25.0 Å². The van der Waals surface area contributed by atoms with E-state index in [0.29, 0.717) is 18.8 Å². The maximum absolute atomic E-state index is 13.8. The number of ether oxygens (including phenoxy) is 2. The second kappa shape index (κ2) is 11.3. The molecule has 3 aromatic rings. The van der Waals surface area contributed by atoms with Gasteiger partial charge in [-0.1, -0.05) is 46.3 Å². The molecule has 0 unspecified atom stereocenters. The van der Waals surface area contributed by atoms with E-state index in [1.807, 2.05) is 62.4 Å². The van der Waals surface area contributed by atoms with Crippen LogP contribution in [0.4, 0.5) is 0 Å². The minimum atomic E-state index is -0.166. The zero-order valence-electron chi connectivity index (χ0n) is 21.2. The third-order valence-corrected chi connectivity index (χ3v) is 7.34. The molecule has 5 rings (SSSR count). The Morgan fingerprint density at radius 2 is 1.68 bits per heavy atom. The molecule has 0 bridgehead atoms. The highest BCUT2D eigenvalue weighted by atomic mass is 79.9. The molecule has 0 spiro atoms. The summed E-state index contributed by atoms with van der Waals surface area (Å²) in [5.41, 5.74) is 5.00. The van der Waals surface area contributed by atoms with Gasteiger partial charge in [0, 0.05) is 16.0 Å². The molecule has 2 aliphatic rings. The Bertz CT molecular complexity index is 1320. The molecule has 1 aliphatic heterocycles. The predicted octanol–water partition coefficient (Wildman–Crippen LogP) is 7.68. The summed E-state index contributed by atoms with van der Waals surface area (Å²) in [7, 11) is 0. The number of nitrogens with zero attached hydrogens (tertiary/aromatic N) is 2. The molecule has 6 heteroatoms. The summed E-state index contributed by atoms with van der Waals surface area (Å²) in [6.07, 6.45) is 5.19. The van der Waals surface area contributed by atoms with Gasteiger partial charge in [-0.25, -0.2) is 5.01 Å². The van der Waals surface area contributed by atoms with Crippen molar-refractivity contribution in [3.8, 4) is 11.5 Å². The van der Waals surface area contributed by atoms with Crippen molar-refractivity contribution in [1.29, 1.82) is 0 Å². The summed E-state index contributed by atoms with van der Waals surface area (Å²) in [4.78, 5) is 13.8. The Labute approximate surface area is 226 Å². The third-order valence-electron chi connectivity index (χ3n) is 6.85. The lowest BCUT2D eigenvalue weighted by Gasteiger charge is -2.30. The van der Waals surface area contributed by atoms with E-state index in [0.717, 1.165) is 52.1 Å². The molecule has 37 heavy (non-hydrogen) atoms. The molecule has 0 saturated heterocycles. The van der Waals surface area contributed by atoms with Crippen LogP contribution in [-0.2, 0) is 0 Å². The lowest BCUT2D eigenvalue weighted by Crippen LogP contribution is -2.31. The lowest BCUT2D eigenvalue weighted by atomic mass is 9.77. The topological polar surface area (TPSA) is 51.1 Å². The van der Waals surface area contributed by atoms with E-state index in [1.165, 1.54) is 5.57 Å². The van der Waals surface area contributed by atoms with Gasteiger partial charge in [-0.15, -0.1) is 0 Å². The predicted molar refractivity (Wildman–Crippen MR) is 151 cm³/mol. The molecule has 3 aromatic carbocycles. The first kappa shape index (κ1) is 25.3. The maximum atomic E-state index is 13.8. The minimum Gasteiger partial charge on any atom is -0.494 e. The SMILES string of the molecule is CCOc1ccc(/C=C2\CCC[C@@H]3C2=NN(C(=O)c2cccc(Br)c2)[C@H]3c2ccc(OCC)cc2)cc1. The molecule has 0 aromatic heterocycles. The van der Waals surface area contributed by atoms with Crippen molar-refractivity contribution in [3.05, 3.63) is 99.5 Å². The number of fused-ring (bicyclic) bond motifs is 1. The average Bonchev–Trinajstić information content (AvgIpc) is 3.31. The van der Waals surface area contributed by atoms with Gasteiger partial charge in [0.2, 0.25) is 0 Å². The van der Waals surface area contributed by atoms with Crippen LogP contribution in [0.25, 0.3) is 6.08 Å². The summed E-state index contributed by atoms with van der Waals surface area (Å²) in [5, 5.41) is 6.72. The van der Waals surface area contributed by atoms with E-state index in [2.05, 4.69) is 46.3 Å². The third kappa shape index (κ3) is 5.49. The van der Waals surface area contributed by atoms with Gasteiger partial charge in [-0.2, -0.15) is 5.10 Å². The van der Waals surface area contributed by atoms with Crippen molar-refractivity contribution >= 4 is 33.6 Å². The number of hydrazone groups is 1. The van der Waals surface area contributed by atoms with Gasteiger partial charge in [-0.05, 0) is 98.4 Å². The van der Waals surface area contributed by atoms with Crippen molar-refractivity contribution < 1.29 is 14.3 Å². The van der Waals surface area contributed by atoms with Gasteiger partial charge in [0.15, 0.2) is 0 Å². The van der Waals surface area contributed by atoms with Crippen LogP contribution in [0.3, 0.4) is 0 Å². The highest BCUT2D eigenvalue weighted by molar-refractivity contribution is 9.10. The molecule has 1 fully saturated rings. The van der Waals surface area contributed by atoms with E-state index < -0.39 is 0 Å².